The van der Waals surface area contributed by atoms with E-state index in [0.29, 0.717) is 5.92 Å². The molecule has 2 saturated carbocycles. The number of hydrogen-bond acceptors (Lipinski definition) is 1. The first-order chi connectivity index (χ1) is 11.3. The minimum absolute atomic E-state index is 0.131. The van der Waals surface area contributed by atoms with Gasteiger partial charge in [-0.05, 0) is 86.3 Å². The molecule has 126 valence electrons. The van der Waals surface area contributed by atoms with Crippen LogP contribution in [0, 0.1) is 23.6 Å². The molecule has 2 aliphatic carbocycles. The van der Waals surface area contributed by atoms with Crippen LogP contribution in [0.5, 0.6) is 0 Å². The number of hydrogen-bond donors (Lipinski definition) is 0. The summed E-state index contributed by atoms with van der Waals surface area (Å²) >= 11 is 0. The fourth-order valence-corrected chi connectivity index (χ4v) is 4.91. The summed E-state index contributed by atoms with van der Waals surface area (Å²) in [5.74, 6) is 3.12. The van der Waals surface area contributed by atoms with E-state index in [9.17, 15) is 9.18 Å². The van der Waals surface area contributed by atoms with E-state index in [1.165, 1.54) is 56.9 Å². The van der Waals surface area contributed by atoms with Crippen molar-refractivity contribution in [3.05, 3.63) is 35.6 Å². The molecule has 0 heterocycles. The Morgan fingerprint density at radius 1 is 0.870 bits per heavy atom. The highest BCUT2D eigenvalue weighted by atomic mass is 19.1. The molecule has 3 rings (SSSR count). The molecule has 0 radical (unpaired) electrons. The predicted molar refractivity (Wildman–Crippen MR) is 91.8 cm³/mol. The van der Waals surface area contributed by atoms with E-state index in [1.807, 2.05) is 12.1 Å². The zero-order valence-corrected chi connectivity index (χ0v) is 14.1. The van der Waals surface area contributed by atoms with Crippen molar-refractivity contribution in [1.29, 1.82) is 0 Å². The quantitative estimate of drug-likeness (QED) is 0.619. The summed E-state index contributed by atoms with van der Waals surface area (Å²) in [5, 5.41) is 0. The van der Waals surface area contributed by atoms with E-state index >= 15 is 0 Å². The van der Waals surface area contributed by atoms with Gasteiger partial charge in [0.25, 0.3) is 0 Å². The molecule has 0 unspecified atom stereocenters. The number of aldehydes is 1. The third-order valence-corrected chi connectivity index (χ3v) is 6.36. The van der Waals surface area contributed by atoms with Crippen LogP contribution < -0.4 is 0 Å². The SMILES string of the molecule is O=CCC[C@H]1CC[C@H]([C@H]2CC[C@H](c3ccc(F)cc3)CC2)CC1. The first-order valence-corrected chi connectivity index (χ1v) is 9.45. The van der Waals surface area contributed by atoms with Gasteiger partial charge in [0.2, 0.25) is 0 Å². The Kier molecular flexibility index (Phi) is 5.85. The van der Waals surface area contributed by atoms with Crippen molar-refractivity contribution < 1.29 is 9.18 Å². The minimum atomic E-state index is -0.131. The monoisotopic (exact) mass is 316 g/mol. The van der Waals surface area contributed by atoms with Crippen molar-refractivity contribution in [2.24, 2.45) is 17.8 Å². The van der Waals surface area contributed by atoms with E-state index in [-0.39, 0.29) is 5.82 Å². The Hall–Kier alpha value is -1.18. The number of carbonyl (C=O) groups excluding carboxylic acids is 1. The third kappa shape index (κ3) is 4.43. The molecular weight excluding hydrogens is 287 g/mol. The largest absolute Gasteiger partial charge is 0.303 e. The molecule has 2 fully saturated rings. The lowest BCUT2D eigenvalue weighted by molar-refractivity contribution is -0.108. The van der Waals surface area contributed by atoms with Crippen LogP contribution in [0.3, 0.4) is 0 Å². The van der Waals surface area contributed by atoms with Gasteiger partial charge in [0.15, 0.2) is 0 Å². The Morgan fingerprint density at radius 2 is 1.43 bits per heavy atom. The number of halogens is 1. The van der Waals surface area contributed by atoms with Crippen molar-refractivity contribution in [3.8, 4) is 0 Å². The molecule has 1 nitrogen and oxygen atoms in total. The van der Waals surface area contributed by atoms with Crippen LogP contribution in [0.4, 0.5) is 4.39 Å². The molecule has 0 aliphatic heterocycles. The fourth-order valence-electron chi connectivity index (χ4n) is 4.91. The standard InChI is InChI=1S/C21H29FO/c22-21-13-11-20(12-14-21)19-9-7-18(8-10-19)17-5-3-16(4-6-17)2-1-15-23/h11-19H,1-10H2/t16-,17-,18-,19-. The Labute approximate surface area is 139 Å². The summed E-state index contributed by atoms with van der Waals surface area (Å²) in [4.78, 5) is 10.5. The number of rotatable bonds is 5. The van der Waals surface area contributed by atoms with Gasteiger partial charge in [0.05, 0.1) is 0 Å². The van der Waals surface area contributed by atoms with E-state index < -0.39 is 0 Å². The molecule has 1 aromatic carbocycles. The molecule has 0 bridgehead atoms. The van der Waals surface area contributed by atoms with Crippen LogP contribution >= 0.6 is 0 Å². The highest BCUT2D eigenvalue weighted by Crippen LogP contribution is 2.44. The van der Waals surface area contributed by atoms with Gasteiger partial charge < -0.3 is 4.79 Å². The predicted octanol–water partition coefficient (Wildman–Crippen LogP) is 5.89. The van der Waals surface area contributed by atoms with Gasteiger partial charge in [0, 0.05) is 6.42 Å². The van der Waals surface area contributed by atoms with E-state index in [1.54, 1.807) is 12.1 Å². The minimum Gasteiger partial charge on any atom is -0.303 e. The summed E-state index contributed by atoms with van der Waals surface area (Å²) in [7, 11) is 0. The van der Waals surface area contributed by atoms with Crippen LogP contribution in [-0.4, -0.2) is 6.29 Å². The zero-order chi connectivity index (χ0) is 16.1. The van der Waals surface area contributed by atoms with Gasteiger partial charge in [-0.2, -0.15) is 0 Å². The first kappa shape index (κ1) is 16.7. The van der Waals surface area contributed by atoms with E-state index in [0.717, 1.165) is 36.9 Å². The molecular formula is C21H29FO. The lowest BCUT2D eigenvalue weighted by atomic mass is 9.68. The first-order valence-electron chi connectivity index (χ1n) is 9.45. The second-order valence-corrected chi connectivity index (χ2v) is 7.69. The number of benzene rings is 1. The normalized spacial score (nSPS) is 31.7. The van der Waals surface area contributed by atoms with Gasteiger partial charge in [-0.1, -0.05) is 25.0 Å². The molecule has 0 atom stereocenters. The van der Waals surface area contributed by atoms with Crippen molar-refractivity contribution in [2.75, 3.05) is 0 Å². The van der Waals surface area contributed by atoms with Crippen LogP contribution in [-0.2, 0) is 4.79 Å². The Morgan fingerprint density at radius 3 is 2.00 bits per heavy atom. The highest BCUT2D eigenvalue weighted by molar-refractivity contribution is 5.49. The van der Waals surface area contributed by atoms with Crippen LogP contribution in [0.1, 0.15) is 75.7 Å². The molecule has 1 aromatic rings. The van der Waals surface area contributed by atoms with Gasteiger partial charge in [-0.15, -0.1) is 0 Å². The molecule has 0 spiro atoms. The van der Waals surface area contributed by atoms with Gasteiger partial charge in [-0.3, -0.25) is 0 Å². The van der Waals surface area contributed by atoms with Crippen LogP contribution in [0.2, 0.25) is 0 Å². The Balaban J connectivity index is 1.44. The lowest BCUT2D eigenvalue weighted by Gasteiger charge is -2.38. The summed E-state index contributed by atoms with van der Waals surface area (Å²) < 4.78 is 13.0. The second kappa shape index (κ2) is 8.08. The van der Waals surface area contributed by atoms with Gasteiger partial charge >= 0.3 is 0 Å². The van der Waals surface area contributed by atoms with Crippen molar-refractivity contribution in [1.82, 2.24) is 0 Å². The summed E-state index contributed by atoms with van der Waals surface area (Å²) in [6.07, 6.45) is 13.5. The Bertz CT molecular complexity index is 479. The summed E-state index contributed by atoms with van der Waals surface area (Å²) in [6.45, 7) is 0. The van der Waals surface area contributed by atoms with Gasteiger partial charge in [0.1, 0.15) is 12.1 Å². The molecule has 0 amide bonds. The topological polar surface area (TPSA) is 17.1 Å². The molecule has 0 saturated heterocycles. The maximum Gasteiger partial charge on any atom is 0.123 e. The maximum absolute atomic E-state index is 13.0. The van der Waals surface area contributed by atoms with Crippen molar-refractivity contribution in [3.63, 3.8) is 0 Å². The van der Waals surface area contributed by atoms with E-state index in [4.69, 9.17) is 0 Å². The smallest absolute Gasteiger partial charge is 0.123 e. The average Bonchev–Trinajstić information content (AvgIpc) is 2.61. The average molecular weight is 316 g/mol. The van der Waals surface area contributed by atoms with Crippen molar-refractivity contribution in [2.45, 2.75) is 70.1 Å². The second-order valence-electron chi connectivity index (χ2n) is 7.69. The van der Waals surface area contributed by atoms with Gasteiger partial charge in [-0.25, -0.2) is 4.39 Å². The van der Waals surface area contributed by atoms with Crippen LogP contribution in [0.15, 0.2) is 24.3 Å². The van der Waals surface area contributed by atoms with Crippen LogP contribution in [0.25, 0.3) is 0 Å². The van der Waals surface area contributed by atoms with Crippen molar-refractivity contribution >= 4 is 6.29 Å². The maximum atomic E-state index is 13.0. The third-order valence-electron chi connectivity index (χ3n) is 6.36. The molecule has 2 heteroatoms. The molecule has 0 aromatic heterocycles. The highest BCUT2D eigenvalue weighted by Gasteiger charge is 2.31. The fraction of sp³-hybridized carbons (Fsp3) is 0.667. The molecule has 2 aliphatic rings. The molecule has 0 N–H and O–H groups in total. The summed E-state index contributed by atoms with van der Waals surface area (Å²) in [6, 6.07) is 7.14. The summed E-state index contributed by atoms with van der Waals surface area (Å²) in [5.41, 5.74) is 1.32. The van der Waals surface area contributed by atoms with E-state index in [2.05, 4.69) is 0 Å². The zero-order valence-electron chi connectivity index (χ0n) is 14.1. The number of carbonyl (C=O) groups is 1. The molecule has 23 heavy (non-hydrogen) atoms. The lowest BCUT2D eigenvalue weighted by Crippen LogP contribution is -2.25.